The summed E-state index contributed by atoms with van der Waals surface area (Å²) in [5, 5.41) is 8.42. The monoisotopic (exact) mass is 279 g/mol. The van der Waals surface area contributed by atoms with E-state index in [4.69, 9.17) is 0 Å². The molecule has 0 saturated carbocycles. The van der Waals surface area contributed by atoms with E-state index >= 15 is 0 Å². The highest BCUT2D eigenvalue weighted by Crippen LogP contribution is 2.23. The van der Waals surface area contributed by atoms with Crippen molar-refractivity contribution in [3.8, 4) is 0 Å². The van der Waals surface area contributed by atoms with Crippen LogP contribution in [0, 0.1) is 0 Å². The Hall–Kier alpha value is -2.15. The number of anilines is 1. The second-order valence-corrected chi connectivity index (χ2v) is 4.61. The van der Waals surface area contributed by atoms with Crippen molar-refractivity contribution < 1.29 is 14.3 Å². The average Bonchev–Trinajstić information content (AvgIpc) is 3.06. The number of hydrogen-bond donors (Lipinski definition) is 1. The van der Waals surface area contributed by atoms with Gasteiger partial charge in [-0.2, -0.15) is 5.10 Å². The summed E-state index contributed by atoms with van der Waals surface area (Å²) >= 11 is 1.22. The first-order chi connectivity index (χ1) is 9.15. The number of aromatic nitrogens is 2. The van der Waals surface area contributed by atoms with Crippen molar-refractivity contribution in [3.63, 3.8) is 0 Å². The van der Waals surface area contributed by atoms with Gasteiger partial charge in [-0.15, -0.1) is 11.3 Å². The number of amides is 1. The smallest absolute Gasteiger partial charge is 0.350 e. The Morgan fingerprint density at radius 2 is 2.32 bits per heavy atom. The standard InChI is InChI=1S/C12H13N3O3S/c1-3-15-7-8(6-13-15)11(16)14-9-4-5-19-10(9)12(17)18-2/h4-7H,3H2,1-2H3,(H,14,16). The van der Waals surface area contributed by atoms with E-state index < -0.39 is 5.97 Å². The summed E-state index contributed by atoms with van der Waals surface area (Å²) in [7, 11) is 1.30. The molecule has 0 aliphatic carbocycles. The predicted molar refractivity (Wildman–Crippen MR) is 71.5 cm³/mol. The van der Waals surface area contributed by atoms with Crippen LogP contribution in [0.15, 0.2) is 23.8 Å². The summed E-state index contributed by atoms with van der Waals surface area (Å²) in [4.78, 5) is 23.9. The number of hydrogen-bond acceptors (Lipinski definition) is 5. The molecule has 0 atom stereocenters. The molecule has 0 saturated heterocycles. The van der Waals surface area contributed by atoms with Gasteiger partial charge >= 0.3 is 5.97 Å². The molecule has 2 aromatic rings. The van der Waals surface area contributed by atoms with Crippen molar-refractivity contribution in [1.82, 2.24) is 9.78 Å². The second kappa shape index (κ2) is 5.66. The molecule has 0 fully saturated rings. The lowest BCUT2D eigenvalue weighted by molar-refractivity contribution is 0.0607. The van der Waals surface area contributed by atoms with Crippen molar-refractivity contribution in [1.29, 1.82) is 0 Å². The molecule has 0 aromatic carbocycles. The maximum absolute atomic E-state index is 12.0. The maximum atomic E-state index is 12.0. The lowest BCUT2D eigenvalue weighted by Gasteiger charge is -2.03. The van der Waals surface area contributed by atoms with E-state index in [0.29, 0.717) is 22.7 Å². The average molecular weight is 279 g/mol. The highest BCUT2D eigenvalue weighted by molar-refractivity contribution is 7.12. The third kappa shape index (κ3) is 2.82. The number of nitrogens with zero attached hydrogens (tertiary/aromatic N) is 2. The van der Waals surface area contributed by atoms with Crippen LogP contribution in [0.2, 0.25) is 0 Å². The first-order valence-corrected chi connectivity index (χ1v) is 6.53. The van der Waals surface area contributed by atoms with Gasteiger partial charge in [-0.3, -0.25) is 9.48 Å². The molecule has 6 nitrogen and oxygen atoms in total. The second-order valence-electron chi connectivity index (χ2n) is 3.69. The van der Waals surface area contributed by atoms with Gasteiger partial charge in [0.05, 0.1) is 24.6 Å². The summed E-state index contributed by atoms with van der Waals surface area (Å²) < 4.78 is 6.30. The number of esters is 1. The lowest BCUT2D eigenvalue weighted by Crippen LogP contribution is -2.13. The molecule has 2 heterocycles. The van der Waals surface area contributed by atoms with E-state index in [-0.39, 0.29) is 5.91 Å². The van der Waals surface area contributed by atoms with Gasteiger partial charge in [-0.05, 0) is 18.4 Å². The third-order valence-corrected chi connectivity index (χ3v) is 3.40. The molecule has 2 aromatic heterocycles. The number of nitrogens with one attached hydrogen (secondary N) is 1. The first-order valence-electron chi connectivity index (χ1n) is 5.65. The number of carbonyl (C=O) groups is 2. The normalized spacial score (nSPS) is 10.2. The highest BCUT2D eigenvalue weighted by atomic mass is 32.1. The zero-order chi connectivity index (χ0) is 13.8. The van der Waals surface area contributed by atoms with Gasteiger partial charge in [0.25, 0.3) is 5.91 Å². The molecule has 0 aliphatic rings. The molecule has 2 rings (SSSR count). The summed E-state index contributed by atoms with van der Waals surface area (Å²) in [6, 6.07) is 1.67. The van der Waals surface area contributed by atoms with Crippen molar-refractivity contribution in [2.24, 2.45) is 0 Å². The summed E-state index contributed by atoms with van der Waals surface area (Å²) in [5.41, 5.74) is 0.898. The molecular formula is C12H13N3O3S. The molecule has 0 unspecified atom stereocenters. The third-order valence-electron chi connectivity index (χ3n) is 2.50. The zero-order valence-electron chi connectivity index (χ0n) is 10.5. The number of methoxy groups -OCH3 is 1. The van der Waals surface area contributed by atoms with E-state index in [2.05, 4.69) is 15.2 Å². The lowest BCUT2D eigenvalue weighted by atomic mass is 10.3. The minimum Gasteiger partial charge on any atom is -0.465 e. The highest BCUT2D eigenvalue weighted by Gasteiger charge is 2.16. The molecule has 1 N–H and O–H groups in total. The zero-order valence-corrected chi connectivity index (χ0v) is 11.4. The number of aryl methyl sites for hydroxylation is 1. The first kappa shape index (κ1) is 13.3. The van der Waals surface area contributed by atoms with Crippen LogP contribution in [0.5, 0.6) is 0 Å². The van der Waals surface area contributed by atoms with Crippen molar-refractivity contribution in [2.45, 2.75) is 13.5 Å². The van der Waals surface area contributed by atoms with Gasteiger partial charge in [-0.25, -0.2) is 4.79 Å². The Labute approximate surface area is 114 Å². The van der Waals surface area contributed by atoms with Gasteiger partial charge in [0.2, 0.25) is 0 Å². The Morgan fingerprint density at radius 3 is 2.95 bits per heavy atom. The number of carbonyl (C=O) groups excluding carboxylic acids is 2. The van der Waals surface area contributed by atoms with E-state index in [1.165, 1.54) is 24.6 Å². The Kier molecular flexibility index (Phi) is 3.96. The van der Waals surface area contributed by atoms with Crippen LogP contribution >= 0.6 is 11.3 Å². The molecule has 0 aliphatic heterocycles. The van der Waals surface area contributed by atoms with Crippen LogP contribution in [-0.4, -0.2) is 28.8 Å². The Bertz CT molecular complexity index is 603. The van der Waals surface area contributed by atoms with E-state index in [0.717, 1.165) is 0 Å². The van der Waals surface area contributed by atoms with Crippen LogP contribution in [0.3, 0.4) is 0 Å². The minimum atomic E-state index is -0.463. The van der Waals surface area contributed by atoms with Crippen molar-refractivity contribution in [3.05, 3.63) is 34.3 Å². The fourth-order valence-corrected chi connectivity index (χ4v) is 2.27. The molecule has 1 amide bonds. The van der Waals surface area contributed by atoms with Gasteiger partial charge in [-0.1, -0.05) is 0 Å². The fourth-order valence-electron chi connectivity index (χ4n) is 1.51. The van der Waals surface area contributed by atoms with E-state index in [9.17, 15) is 9.59 Å². The predicted octanol–water partition coefficient (Wildman–Crippen LogP) is 2.00. The van der Waals surface area contributed by atoms with Gasteiger partial charge in [0.15, 0.2) is 0 Å². The quantitative estimate of drug-likeness (QED) is 0.869. The molecule has 0 radical (unpaired) electrons. The van der Waals surface area contributed by atoms with E-state index in [1.807, 2.05) is 6.92 Å². The molecular weight excluding hydrogens is 266 g/mol. The van der Waals surface area contributed by atoms with Crippen LogP contribution in [0.4, 0.5) is 5.69 Å². The Balaban J connectivity index is 2.15. The molecule has 0 spiro atoms. The molecule has 7 heteroatoms. The summed E-state index contributed by atoms with van der Waals surface area (Å²) in [6.07, 6.45) is 3.14. The van der Waals surface area contributed by atoms with Crippen molar-refractivity contribution in [2.75, 3.05) is 12.4 Å². The Morgan fingerprint density at radius 1 is 1.53 bits per heavy atom. The maximum Gasteiger partial charge on any atom is 0.350 e. The minimum absolute atomic E-state index is 0.303. The van der Waals surface area contributed by atoms with Crippen molar-refractivity contribution >= 4 is 28.9 Å². The fraction of sp³-hybridized carbons (Fsp3) is 0.250. The number of ether oxygens (including phenoxy) is 1. The van der Waals surface area contributed by atoms with Crippen LogP contribution in [0.1, 0.15) is 27.0 Å². The van der Waals surface area contributed by atoms with Crippen LogP contribution in [-0.2, 0) is 11.3 Å². The van der Waals surface area contributed by atoms with Gasteiger partial charge in [0.1, 0.15) is 4.88 Å². The number of thiophene rings is 1. The van der Waals surface area contributed by atoms with Crippen LogP contribution in [0.25, 0.3) is 0 Å². The van der Waals surface area contributed by atoms with Gasteiger partial charge < -0.3 is 10.1 Å². The summed E-state index contributed by atoms with van der Waals surface area (Å²) in [6.45, 7) is 2.63. The van der Waals surface area contributed by atoms with Gasteiger partial charge in [0, 0.05) is 12.7 Å². The molecule has 100 valence electrons. The summed E-state index contributed by atoms with van der Waals surface area (Å²) in [5.74, 6) is -0.766. The number of rotatable bonds is 4. The molecule has 19 heavy (non-hydrogen) atoms. The van der Waals surface area contributed by atoms with Crippen LogP contribution < -0.4 is 5.32 Å². The SMILES string of the molecule is CCn1cc(C(=O)Nc2ccsc2C(=O)OC)cn1. The molecule has 0 bridgehead atoms. The largest absolute Gasteiger partial charge is 0.465 e. The van der Waals surface area contributed by atoms with E-state index in [1.54, 1.807) is 22.3 Å². The topological polar surface area (TPSA) is 73.2 Å².